The minimum atomic E-state index is -0.414. The lowest BCUT2D eigenvalue weighted by Crippen LogP contribution is -2.32. The van der Waals surface area contributed by atoms with Crippen molar-refractivity contribution in [2.24, 2.45) is 5.73 Å². The van der Waals surface area contributed by atoms with E-state index in [9.17, 15) is 14.4 Å². The van der Waals surface area contributed by atoms with Gasteiger partial charge in [-0.2, -0.15) is 0 Å². The van der Waals surface area contributed by atoms with Crippen LogP contribution in [0.15, 0.2) is 34.6 Å². The molecule has 34 heavy (non-hydrogen) atoms. The van der Waals surface area contributed by atoms with Gasteiger partial charge >= 0.3 is 0 Å². The first kappa shape index (κ1) is 20.9. The average Bonchev–Trinajstić information content (AvgIpc) is 3.52. The van der Waals surface area contributed by atoms with Crippen LogP contribution in [0.5, 0.6) is 0 Å². The maximum atomic E-state index is 12.8. The molecular formula is C24H23N5O4S. The second-order valence-corrected chi connectivity index (χ2v) is 9.92. The summed E-state index contributed by atoms with van der Waals surface area (Å²) < 4.78 is 5.49. The highest BCUT2D eigenvalue weighted by Gasteiger charge is 2.29. The number of aromatic nitrogens is 2. The Kier molecular flexibility index (Phi) is 4.91. The SMILES string of the molecule is NC1=C(N2CCc3ccc(CNC(=O)c4nc5sc6c(c5c(=O)[nH]4)CCC6)cc3C2)OCC1=O. The smallest absolute Gasteiger partial charge is 0.287 e. The maximum Gasteiger partial charge on any atom is 0.287 e. The van der Waals surface area contributed by atoms with Gasteiger partial charge in [0, 0.05) is 24.5 Å². The van der Waals surface area contributed by atoms with E-state index in [1.807, 2.05) is 17.0 Å². The number of benzene rings is 1. The Hall–Kier alpha value is -3.66. The molecular weight excluding hydrogens is 454 g/mol. The fourth-order valence-electron chi connectivity index (χ4n) is 4.94. The highest BCUT2D eigenvalue weighted by Crippen LogP contribution is 2.34. The van der Waals surface area contributed by atoms with Gasteiger partial charge in [-0.3, -0.25) is 14.4 Å². The number of aromatic amines is 1. The molecule has 0 radical (unpaired) electrons. The Balaban J connectivity index is 1.17. The second kappa shape index (κ2) is 7.98. The van der Waals surface area contributed by atoms with E-state index in [1.165, 1.54) is 21.8 Å². The minimum Gasteiger partial charge on any atom is -0.469 e. The summed E-state index contributed by atoms with van der Waals surface area (Å²) in [5, 5.41) is 3.50. The van der Waals surface area contributed by atoms with E-state index in [1.54, 1.807) is 0 Å². The molecule has 0 saturated heterocycles. The summed E-state index contributed by atoms with van der Waals surface area (Å²) in [7, 11) is 0. The molecule has 1 aromatic carbocycles. The first-order chi connectivity index (χ1) is 16.5. The number of H-pyrrole nitrogens is 1. The summed E-state index contributed by atoms with van der Waals surface area (Å²) in [4.78, 5) is 48.0. The molecule has 1 aliphatic carbocycles. The number of aryl methyl sites for hydroxylation is 2. The van der Waals surface area contributed by atoms with E-state index in [4.69, 9.17) is 10.5 Å². The van der Waals surface area contributed by atoms with Crippen molar-refractivity contribution in [1.82, 2.24) is 20.2 Å². The summed E-state index contributed by atoms with van der Waals surface area (Å²) in [5.41, 5.74) is 10.2. The maximum absolute atomic E-state index is 12.8. The van der Waals surface area contributed by atoms with Crippen LogP contribution in [0, 0.1) is 0 Å². The lowest BCUT2D eigenvalue weighted by Gasteiger charge is -2.31. The number of nitrogens with one attached hydrogen (secondary N) is 2. The van der Waals surface area contributed by atoms with Gasteiger partial charge in [0.25, 0.3) is 11.5 Å². The number of nitrogens with two attached hydrogens (primary N) is 1. The van der Waals surface area contributed by atoms with Gasteiger partial charge in [-0.05, 0) is 47.9 Å². The summed E-state index contributed by atoms with van der Waals surface area (Å²) in [5.74, 6) is -0.108. The van der Waals surface area contributed by atoms with Crippen molar-refractivity contribution in [3.63, 3.8) is 0 Å². The number of carbonyl (C=O) groups is 2. The molecule has 0 saturated carbocycles. The molecule has 2 aromatic heterocycles. The fraction of sp³-hybridized carbons (Fsp3) is 0.333. The molecule has 9 nitrogen and oxygen atoms in total. The topological polar surface area (TPSA) is 130 Å². The molecule has 0 bridgehead atoms. The zero-order valence-corrected chi connectivity index (χ0v) is 19.2. The van der Waals surface area contributed by atoms with Crippen LogP contribution in [-0.2, 0) is 41.9 Å². The molecule has 3 aliphatic rings. The number of Topliss-reactive ketones (excluding diaryl/α,β-unsaturated/α-hetero) is 1. The molecule has 0 unspecified atom stereocenters. The van der Waals surface area contributed by atoms with Crippen LogP contribution in [-0.4, -0.2) is 39.7 Å². The minimum absolute atomic E-state index is 0.00733. The number of hydrogen-bond donors (Lipinski definition) is 3. The van der Waals surface area contributed by atoms with Crippen LogP contribution in [0.2, 0.25) is 0 Å². The molecule has 0 atom stereocenters. The van der Waals surface area contributed by atoms with Gasteiger partial charge < -0.3 is 25.7 Å². The molecule has 4 N–H and O–H groups in total. The van der Waals surface area contributed by atoms with E-state index >= 15 is 0 Å². The molecule has 0 fully saturated rings. The number of hydrogen-bond acceptors (Lipinski definition) is 8. The average molecular weight is 478 g/mol. The molecule has 4 heterocycles. The van der Waals surface area contributed by atoms with Crippen molar-refractivity contribution in [3.8, 4) is 0 Å². The van der Waals surface area contributed by atoms with Crippen LogP contribution in [0.3, 0.4) is 0 Å². The number of amides is 1. The predicted molar refractivity (Wildman–Crippen MR) is 126 cm³/mol. The van der Waals surface area contributed by atoms with Crippen molar-refractivity contribution in [2.45, 2.75) is 38.8 Å². The Labute approximate surface area is 198 Å². The number of nitrogens with zero attached hydrogens (tertiary/aromatic N) is 2. The Morgan fingerprint density at radius 2 is 2.12 bits per heavy atom. The number of ether oxygens (including phenoxy) is 1. The lowest BCUT2D eigenvalue weighted by atomic mass is 9.97. The number of ketones is 1. The Morgan fingerprint density at radius 1 is 1.24 bits per heavy atom. The monoisotopic (exact) mass is 477 g/mol. The summed E-state index contributed by atoms with van der Waals surface area (Å²) in [6.45, 7) is 1.59. The van der Waals surface area contributed by atoms with Crippen molar-refractivity contribution in [1.29, 1.82) is 0 Å². The fourth-order valence-corrected chi connectivity index (χ4v) is 6.20. The van der Waals surface area contributed by atoms with Gasteiger partial charge in [-0.1, -0.05) is 18.2 Å². The van der Waals surface area contributed by atoms with Gasteiger partial charge in [0.2, 0.25) is 17.5 Å². The van der Waals surface area contributed by atoms with Gasteiger partial charge in [0.1, 0.15) is 10.5 Å². The molecule has 10 heteroatoms. The first-order valence-corrected chi connectivity index (χ1v) is 12.1. The molecule has 0 spiro atoms. The zero-order chi connectivity index (χ0) is 23.4. The highest BCUT2D eigenvalue weighted by molar-refractivity contribution is 7.18. The van der Waals surface area contributed by atoms with Crippen molar-refractivity contribution in [3.05, 3.63) is 73.1 Å². The van der Waals surface area contributed by atoms with E-state index < -0.39 is 5.91 Å². The number of carbonyl (C=O) groups excluding carboxylic acids is 2. The van der Waals surface area contributed by atoms with Crippen LogP contribution >= 0.6 is 11.3 Å². The lowest BCUT2D eigenvalue weighted by molar-refractivity contribution is -0.116. The molecule has 1 amide bonds. The largest absolute Gasteiger partial charge is 0.469 e. The van der Waals surface area contributed by atoms with Gasteiger partial charge in [0.15, 0.2) is 6.61 Å². The van der Waals surface area contributed by atoms with Crippen LogP contribution in [0.4, 0.5) is 0 Å². The summed E-state index contributed by atoms with van der Waals surface area (Å²) in [6, 6.07) is 6.09. The van der Waals surface area contributed by atoms with E-state index in [0.29, 0.717) is 29.2 Å². The van der Waals surface area contributed by atoms with Gasteiger partial charge in [-0.15, -0.1) is 11.3 Å². The number of thiophene rings is 1. The second-order valence-electron chi connectivity index (χ2n) is 8.84. The van der Waals surface area contributed by atoms with E-state index in [-0.39, 0.29) is 29.5 Å². The Morgan fingerprint density at radius 3 is 2.94 bits per heavy atom. The highest BCUT2D eigenvalue weighted by atomic mass is 32.1. The molecule has 2 aliphatic heterocycles. The van der Waals surface area contributed by atoms with Crippen molar-refractivity contribution < 1.29 is 14.3 Å². The van der Waals surface area contributed by atoms with E-state index in [2.05, 4.69) is 21.4 Å². The molecule has 174 valence electrons. The zero-order valence-electron chi connectivity index (χ0n) is 18.4. The third kappa shape index (κ3) is 3.45. The third-order valence-corrected chi connectivity index (χ3v) is 7.87. The van der Waals surface area contributed by atoms with Crippen molar-refractivity contribution >= 4 is 33.2 Å². The molecule has 6 rings (SSSR count). The Bertz CT molecular complexity index is 1450. The van der Waals surface area contributed by atoms with Crippen LogP contribution in [0.1, 0.15) is 44.2 Å². The van der Waals surface area contributed by atoms with Gasteiger partial charge in [0.05, 0.1) is 5.39 Å². The number of rotatable bonds is 4. The summed E-state index contributed by atoms with van der Waals surface area (Å²) >= 11 is 1.51. The van der Waals surface area contributed by atoms with Crippen molar-refractivity contribution in [2.75, 3.05) is 13.2 Å². The van der Waals surface area contributed by atoms with Gasteiger partial charge in [-0.25, -0.2) is 4.98 Å². The summed E-state index contributed by atoms with van der Waals surface area (Å²) in [6.07, 6.45) is 3.74. The third-order valence-electron chi connectivity index (χ3n) is 6.68. The standard InChI is InChI=1S/C24H23N5O4S/c25-19-16(30)11-33-24(19)29-7-6-13-5-4-12(8-14(13)10-29)9-26-22(32)20-27-21(31)18-15-2-1-3-17(15)34-23(18)28-20/h4-5,8H,1-3,6-7,9-11,25H2,(H,26,32)(H,27,28,31). The first-order valence-electron chi connectivity index (χ1n) is 11.3. The predicted octanol–water partition coefficient (Wildman–Crippen LogP) is 1.49. The quantitative estimate of drug-likeness (QED) is 0.519. The van der Waals surface area contributed by atoms with Crippen LogP contribution < -0.4 is 16.6 Å². The van der Waals surface area contributed by atoms with Crippen LogP contribution in [0.25, 0.3) is 10.2 Å². The van der Waals surface area contributed by atoms with E-state index in [0.717, 1.165) is 48.9 Å². The normalized spacial score (nSPS) is 17.2. The number of fused-ring (bicyclic) bond motifs is 4. The molecule has 3 aromatic rings.